The number of anilines is 1. The van der Waals surface area contributed by atoms with E-state index in [2.05, 4.69) is 15.6 Å². The van der Waals surface area contributed by atoms with E-state index in [1.54, 1.807) is 0 Å². The second-order valence-electron chi connectivity index (χ2n) is 5.97. The van der Waals surface area contributed by atoms with E-state index in [9.17, 15) is 18.0 Å². The van der Waals surface area contributed by atoms with Gasteiger partial charge in [-0.3, -0.25) is 15.0 Å². The van der Waals surface area contributed by atoms with Gasteiger partial charge in [-0.2, -0.15) is 0 Å². The Morgan fingerprint density at radius 3 is 2.44 bits per heavy atom. The van der Waals surface area contributed by atoms with Gasteiger partial charge in [-0.05, 0) is 25.0 Å². The van der Waals surface area contributed by atoms with Gasteiger partial charge in [0.2, 0.25) is 11.8 Å². The summed E-state index contributed by atoms with van der Waals surface area (Å²) in [6.07, 6.45) is 4.61. The number of sulfonamides is 1. The first kappa shape index (κ1) is 19.2. The largest absolute Gasteiger partial charge is 0.495 e. The van der Waals surface area contributed by atoms with E-state index in [4.69, 9.17) is 4.74 Å². The van der Waals surface area contributed by atoms with Gasteiger partial charge in [0.15, 0.2) is 0 Å². The Bertz CT molecular complexity index is 742. The average molecular weight is 369 g/mol. The summed E-state index contributed by atoms with van der Waals surface area (Å²) in [5.41, 5.74) is 2.65. The second-order valence-corrected chi connectivity index (χ2v) is 7.66. The van der Waals surface area contributed by atoms with E-state index in [0.29, 0.717) is 5.69 Å². The van der Waals surface area contributed by atoms with Crippen molar-refractivity contribution in [2.24, 2.45) is 5.92 Å². The van der Waals surface area contributed by atoms with Gasteiger partial charge in [0.25, 0.3) is 10.0 Å². The predicted molar refractivity (Wildman–Crippen MR) is 92.3 cm³/mol. The van der Waals surface area contributed by atoms with Gasteiger partial charge in [0.05, 0.1) is 17.7 Å². The molecule has 1 aliphatic carbocycles. The number of hydrogen-bond donors (Lipinski definition) is 3. The Morgan fingerprint density at radius 2 is 1.84 bits per heavy atom. The number of carbonyl (C=O) groups excluding carboxylic acids is 2. The molecule has 2 rings (SSSR count). The van der Waals surface area contributed by atoms with Gasteiger partial charge in [-0.25, -0.2) is 8.42 Å². The molecule has 0 bridgehead atoms. The molecule has 0 spiro atoms. The Hall–Kier alpha value is -2.13. The normalized spacial score (nSPS) is 15.4. The summed E-state index contributed by atoms with van der Waals surface area (Å²) in [4.78, 5) is 25.2. The van der Waals surface area contributed by atoms with Crippen molar-refractivity contribution in [1.82, 2.24) is 10.3 Å². The average Bonchev–Trinajstić information content (AvgIpc) is 2.60. The van der Waals surface area contributed by atoms with Crippen molar-refractivity contribution in [3.63, 3.8) is 0 Å². The van der Waals surface area contributed by atoms with Gasteiger partial charge in [-0.15, -0.1) is 4.83 Å². The van der Waals surface area contributed by atoms with Crippen molar-refractivity contribution in [3.8, 4) is 5.75 Å². The number of benzene rings is 1. The van der Waals surface area contributed by atoms with Crippen LogP contribution in [0.4, 0.5) is 5.69 Å². The van der Waals surface area contributed by atoms with Gasteiger partial charge in [0.1, 0.15) is 5.75 Å². The molecule has 25 heavy (non-hydrogen) atoms. The predicted octanol–water partition coefficient (Wildman–Crippen LogP) is 1.54. The molecule has 0 saturated heterocycles. The van der Waals surface area contributed by atoms with E-state index < -0.39 is 10.0 Å². The molecular weight excluding hydrogens is 346 g/mol. The van der Waals surface area contributed by atoms with Gasteiger partial charge in [-0.1, -0.05) is 19.3 Å². The molecule has 3 N–H and O–H groups in total. The standard InChI is InChI=1S/C16H23N3O5S/c1-11(20)17-14-9-8-13(10-15(14)24-2)25(22,23)19-18-16(21)12-6-4-3-5-7-12/h8-10,12,19H,3-7H2,1-2H3,(H,17,20)(H,18,21). The first-order valence-electron chi connectivity index (χ1n) is 8.11. The fraction of sp³-hybridized carbons (Fsp3) is 0.500. The smallest absolute Gasteiger partial charge is 0.257 e. The molecule has 1 aliphatic rings. The molecule has 8 nitrogen and oxygen atoms in total. The maximum absolute atomic E-state index is 12.4. The molecule has 138 valence electrons. The number of hydrazine groups is 1. The number of ether oxygens (including phenoxy) is 1. The van der Waals surface area contributed by atoms with Crippen LogP contribution in [0.15, 0.2) is 23.1 Å². The molecule has 1 aromatic carbocycles. The van der Waals surface area contributed by atoms with Crippen molar-refractivity contribution in [2.75, 3.05) is 12.4 Å². The van der Waals surface area contributed by atoms with E-state index >= 15 is 0 Å². The summed E-state index contributed by atoms with van der Waals surface area (Å²) in [6.45, 7) is 1.34. The molecule has 9 heteroatoms. The highest BCUT2D eigenvalue weighted by Gasteiger charge is 2.23. The molecule has 1 aromatic rings. The highest BCUT2D eigenvalue weighted by atomic mass is 32.2. The Labute approximate surface area is 147 Å². The van der Waals surface area contributed by atoms with Crippen molar-refractivity contribution in [1.29, 1.82) is 0 Å². The molecular formula is C16H23N3O5S. The van der Waals surface area contributed by atoms with E-state index in [1.807, 2.05) is 0 Å². The molecule has 0 radical (unpaired) electrons. The monoisotopic (exact) mass is 369 g/mol. The van der Waals surface area contributed by atoms with Crippen LogP contribution in [-0.2, 0) is 19.6 Å². The summed E-state index contributed by atoms with van der Waals surface area (Å²) in [5.74, 6) is -0.568. The maximum Gasteiger partial charge on any atom is 0.257 e. The summed E-state index contributed by atoms with van der Waals surface area (Å²) < 4.78 is 29.8. The van der Waals surface area contributed by atoms with Crippen LogP contribution in [0.1, 0.15) is 39.0 Å². The fourth-order valence-electron chi connectivity index (χ4n) is 2.77. The lowest BCUT2D eigenvalue weighted by Gasteiger charge is -2.20. The zero-order valence-electron chi connectivity index (χ0n) is 14.3. The number of hydrogen-bond acceptors (Lipinski definition) is 5. The SMILES string of the molecule is COc1cc(S(=O)(=O)NNC(=O)C2CCCCC2)ccc1NC(C)=O. The van der Waals surface area contributed by atoms with Crippen molar-refractivity contribution in [3.05, 3.63) is 18.2 Å². The van der Waals surface area contributed by atoms with Gasteiger partial charge >= 0.3 is 0 Å². The third-order valence-corrected chi connectivity index (χ3v) is 5.32. The van der Waals surface area contributed by atoms with Crippen molar-refractivity contribution < 1.29 is 22.7 Å². The molecule has 0 heterocycles. The van der Waals surface area contributed by atoms with Crippen LogP contribution in [0.3, 0.4) is 0 Å². The minimum atomic E-state index is -3.95. The fourth-order valence-corrected chi connectivity index (χ4v) is 3.64. The van der Waals surface area contributed by atoms with Crippen LogP contribution in [0.25, 0.3) is 0 Å². The van der Waals surface area contributed by atoms with Crippen molar-refractivity contribution >= 4 is 27.5 Å². The van der Waals surface area contributed by atoms with E-state index in [1.165, 1.54) is 32.2 Å². The van der Waals surface area contributed by atoms with Crippen molar-refractivity contribution in [2.45, 2.75) is 43.9 Å². The molecule has 1 fully saturated rings. The topological polar surface area (TPSA) is 114 Å². The van der Waals surface area contributed by atoms with Crippen LogP contribution in [0.5, 0.6) is 5.75 Å². The zero-order valence-corrected chi connectivity index (χ0v) is 15.1. The quantitative estimate of drug-likeness (QED) is 0.658. The molecule has 1 saturated carbocycles. The lowest BCUT2D eigenvalue weighted by molar-refractivity contribution is -0.126. The molecule has 0 aromatic heterocycles. The zero-order chi connectivity index (χ0) is 18.4. The first-order valence-corrected chi connectivity index (χ1v) is 9.59. The van der Waals surface area contributed by atoms with E-state index in [-0.39, 0.29) is 28.4 Å². The third-order valence-electron chi connectivity index (χ3n) is 4.08. The van der Waals surface area contributed by atoms with Gasteiger partial charge < -0.3 is 10.1 Å². The Balaban J connectivity index is 2.07. The first-order chi connectivity index (χ1) is 11.8. The molecule has 2 amide bonds. The summed E-state index contributed by atoms with van der Waals surface area (Å²) in [5, 5.41) is 2.55. The summed E-state index contributed by atoms with van der Waals surface area (Å²) >= 11 is 0. The number of amides is 2. The maximum atomic E-state index is 12.4. The Kier molecular flexibility index (Phi) is 6.38. The lowest BCUT2D eigenvalue weighted by atomic mass is 9.89. The summed E-state index contributed by atoms with van der Waals surface area (Å²) in [6, 6.07) is 4.03. The second kappa shape index (κ2) is 8.30. The van der Waals surface area contributed by atoms with Crippen LogP contribution in [-0.4, -0.2) is 27.3 Å². The van der Waals surface area contributed by atoms with Crippen LogP contribution in [0.2, 0.25) is 0 Å². The van der Waals surface area contributed by atoms with E-state index in [0.717, 1.165) is 32.1 Å². The van der Waals surface area contributed by atoms with Crippen LogP contribution < -0.4 is 20.3 Å². The molecule has 0 unspecified atom stereocenters. The Morgan fingerprint density at radius 1 is 1.16 bits per heavy atom. The van der Waals surface area contributed by atoms with Gasteiger partial charge in [0, 0.05) is 18.9 Å². The lowest BCUT2D eigenvalue weighted by Crippen LogP contribution is -2.44. The molecule has 0 aliphatic heterocycles. The highest BCUT2D eigenvalue weighted by molar-refractivity contribution is 7.89. The number of nitrogens with one attached hydrogen (secondary N) is 3. The minimum absolute atomic E-state index is 0.0811. The van der Waals surface area contributed by atoms with Crippen LogP contribution in [0, 0.1) is 5.92 Å². The minimum Gasteiger partial charge on any atom is -0.495 e. The highest BCUT2D eigenvalue weighted by Crippen LogP contribution is 2.27. The third kappa shape index (κ3) is 5.17. The number of carbonyl (C=O) groups is 2. The number of methoxy groups -OCH3 is 1. The molecule has 0 atom stereocenters. The summed E-state index contributed by atoms with van der Waals surface area (Å²) in [7, 11) is -2.58. The number of rotatable bonds is 6. The van der Waals surface area contributed by atoms with Crippen LogP contribution >= 0.6 is 0 Å².